The molecule has 0 heterocycles. The van der Waals surface area contributed by atoms with E-state index in [1.165, 1.54) is 32.1 Å². The van der Waals surface area contributed by atoms with E-state index in [0.717, 1.165) is 5.92 Å². The molecule has 0 unspecified atom stereocenters. The molecule has 0 N–H and O–H groups in total. The summed E-state index contributed by atoms with van der Waals surface area (Å²) in [6.45, 7) is 4.39. The van der Waals surface area contributed by atoms with Gasteiger partial charge in [0.05, 0.1) is 0 Å². The van der Waals surface area contributed by atoms with Crippen molar-refractivity contribution in [3.8, 4) is 0 Å². The lowest BCUT2D eigenvalue weighted by atomic mass is 9.99. The lowest BCUT2D eigenvalue weighted by Crippen LogP contribution is -1.92. The Bertz CT molecular complexity index is 116. The van der Waals surface area contributed by atoms with Crippen LogP contribution in [-0.2, 0) is 0 Å². The van der Waals surface area contributed by atoms with E-state index >= 15 is 0 Å². The van der Waals surface area contributed by atoms with Gasteiger partial charge in [-0.1, -0.05) is 37.3 Å². The van der Waals surface area contributed by atoms with Crippen LogP contribution in [0, 0.1) is 5.92 Å². The van der Waals surface area contributed by atoms with Gasteiger partial charge in [-0.15, -0.1) is 0 Å². The second-order valence-electron chi connectivity index (χ2n) is 3.49. The number of rotatable bonds is 2. The predicted octanol–water partition coefficient (Wildman–Crippen LogP) is 3.53. The third-order valence-electron chi connectivity index (χ3n) is 2.58. The molecule has 0 aromatic heterocycles. The highest BCUT2D eigenvalue weighted by molar-refractivity contribution is 4.97. The summed E-state index contributed by atoms with van der Waals surface area (Å²) in [7, 11) is 0. The van der Waals surface area contributed by atoms with Crippen molar-refractivity contribution in [3.05, 3.63) is 11.6 Å². The molecule has 10 heavy (non-hydrogen) atoms. The van der Waals surface area contributed by atoms with Crippen LogP contribution in [-0.4, -0.2) is 0 Å². The average molecular weight is 138 g/mol. The summed E-state index contributed by atoms with van der Waals surface area (Å²) in [5.41, 5.74) is 1.58. The zero-order chi connectivity index (χ0) is 7.40. The Hall–Kier alpha value is -0.260. The van der Waals surface area contributed by atoms with Gasteiger partial charge in [0.25, 0.3) is 0 Å². The Morgan fingerprint density at radius 1 is 1.40 bits per heavy atom. The van der Waals surface area contributed by atoms with E-state index in [0.29, 0.717) is 0 Å². The monoisotopic (exact) mass is 138 g/mol. The third-order valence-corrected chi connectivity index (χ3v) is 2.58. The Morgan fingerprint density at radius 3 is 2.50 bits per heavy atom. The molecular weight excluding hydrogens is 120 g/mol. The van der Waals surface area contributed by atoms with E-state index in [4.69, 9.17) is 0 Å². The van der Waals surface area contributed by atoms with E-state index in [1.54, 1.807) is 5.57 Å². The van der Waals surface area contributed by atoms with Crippen LogP contribution in [0.1, 0.15) is 46.0 Å². The minimum Gasteiger partial charge on any atom is -0.0887 e. The molecule has 0 bridgehead atoms. The Labute approximate surface area is 64.3 Å². The molecular formula is C10H18. The fraction of sp³-hybridized carbons (Fsp3) is 0.800. The van der Waals surface area contributed by atoms with Gasteiger partial charge in [-0.3, -0.25) is 0 Å². The van der Waals surface area contributed by atoms with Crippen LogP contribution in [0.25, 0.3) is 0 Å². The number of hydrogen-bond donors (Lipinski definition) is 0. The van der Waals surface area contributed by atoms with Crippen LogP contribution in [0.15, 0.2) is 11.6 Å². The molecule has 0 saturated heterocycles. The van der Waals surface area contributed by atoms with Gasteiger partial charge in [0.2, 0.25) is 0 Å². The molecule has 1 aliphatic carbocycles. The van der Waals surface area contributed by atoms with Crippen LogP contribution in [0.5, 0.6) is 0 Å². The van der Waals surface area contributed by atoms with Gasteiger partial charge in [0, 0.05) is 0 Å². The minimum absolute atomic E-state index is 1.02. The lowest BCUT2D eigenvalue weighted by Gasteiger charge is -2.07. The molecule has 0 aromatic rings. The number of allylic oxidation sites excluding steroid dienone is 2. The Balaban J connectivity index is 2.24. The molecule has 1 saturated carbocycles. The highest BCUT2D eigenvalue weighted by Gasteiger charge is 2.14. The zero-order valence-electron chi connectivity index (χ0n) is 7.19. The normalized spacial score (nSPS) is 22.0. The fourth-order valence-corrected chi connectivity index (χ4v) is 1.79. The van der Waals surface area contributed by atoms with Gasteiger partial charge in [0.15, 0.2) is 0 Å². The van der Waals surface area contributed by atoms with Crippen molar-refractivity contribution in [2.24, 2.45) is 5.92 Å². The maximum absolute atomic E-state index is 2.25. The summed E-state index contributed by atoms with van der Waals surface area (Å²) in [4.78, 5) is 0. The summed E-state index contributed by atoms with van der Waals surface area (Å²) in [6, 6.07) is 0. The molecule has 1 rings (SSSR count). The lowest BCUT2D eigenvalue weighted by molar-refractivity contribution is 0.543. The van der Waals surface area contributed by atoms with Gasteiger partial charge in [-0.25, -0.2) is 0 Å². The van der Waals surface area contributed by atoms with Crippen molar-refractivity contribution in [2.45, 2.75) is 46.0 Å². The predicted molar refractivity (Wildman–Crippen MR) is 46.0 cm³/mol. The van der Waals surface area contributed by atoms with Crippen molar-refractivity contribution in [3.63, 3.8) is 0 Å². The topological polar surface area (TPSA) is 0 Å². The third kappa shape index (κ3) is 2.17. The molecule has 0 radical (unpaired) electrons. The molecule has 58 valence electrons. The highest BCUT2D eigenvalue weighted by Crippen LogP contribution is 2.29. The van der Waals surface area contributed by atoms with E-state index in [9.17, 15) is 0 Å². The van der Waals surface area contributed by atoms with Crippen molar-refractivity contribution in [1.29, 1.82) is 0 Å². The first kappa shape index (κ1) is 7.84. The largest absolute Gasteiger partial charge is 0.0887 e. The SMILES string of the molecule is CC=C(C)CC1CCCC1. The van der Waals surface area contributed by atoms with Crippen LogP contribution in [0.2, 0.25) is 0 Å². The fourth-order valence-electron chi connectivity index (χ4n) is 1.79. The smallest absolute Gasteiger partial charge is 0.0295 e. The first-order chi connectivity index (χ1) is 4.83. The molecule has 0 aliphatic heterocycles. The van der Waals surface area contributed by atoms with Crippen molar-refractivity contribution < 1.29 is 0 Å². The maximum Gasteiger partial charge on any atom is -0.0295 e. The van der Waals surface area contributed by atoms with E-state index in [1.807, 2.05) is 0 Å². The molecule has 1 aliphatic rings. The van der Waals surface area contributed by atoms with Gasteiger partial charge in [-0.2, -0.15) is 0 Å². The molecule has 1 fully saturated rings. The van der Waals surface area contributed by atoms with Crippen LogP contribution < -0.4 is 0 Å². The van der Waals surface area contributed by atoms with Gasteiger partial charge < -0.3 is 0 Å². The van der Waals surface area contributed by atoms with Crippen LogP contribution in [0.3, 0.4) is 0 Å². The maximum atomic E-state index is 2.25. The molecule has 0 nitrogen and oxygen atoms in total. The van der Waals surface area contributed by atoms with Crippen molar-refractivity contribution in [2.75, 3.05) is 0 Å². The molecule has 0 aromatic carbocycles. The first-order valence-electron chi connectivity index (χ1n) is 4.44. The van der Waals surface area contributed by atoms with Crippen LogP contribution in [0.4, 0.5) is 0 Å². The summed E-state index contributed by atoms with van der Waals surface area (Å²) in [5, 5.41) is 0. The highest BCUT2D eigenvalue weighted by atomic mass is 14.2. The van der Waals surface area contributed by atoms with E-state index in [-0.39, 0.29) is 0 Å². The second kappa shape index (κ2) is 3.80. The average Bonchev–Trinajstić information content (AvgIpc) is 2.40. The molecule has 0 heteroatoms. The molecule has 0 atom stereocenters. The zero-order valence-corrected chi connectivity index (χ0v) is 7.19. The number of hydrogen-bond acceptors (Lipinski definition) is 0. The van der Waals surface area contributed by atoms with Gasteiger partial charge >= 0.3 is 0 Å². The molecule has 0 amide bonds. The van der Waals surface area contributed by atoms with E-state index < -0.39 is 0 Å². The standard InChI is InChI=1S/C10H18/c1-3-9(2)8-10-6-4-5-7-10/h3,10H,4-8H2,1-2H3. The summed E-state index contributed by atoms with van der Waals surface area (Å²) in [6.07, 6.45) is 9.51. The molecule has 0 spiro atoms. The summed E-state index contributed by atoms with van der Waals surface area (Å²) in [5.74, 6) is 1.02. The van der Waals surface area contributed by atoms with Gasteiger partial charge in [-0.05, 0) is 26.2 Å². The quantitative estimate of drug-likeness (QED) is 0.512. The summed E-state index contributed by atoms with van der Waals surface area (Å²) >= 11 is 0. The Kier molecular flexibility index (Phi) is 2.98. The minimum atomic E-state index is 1.02. The first-order valence-corrected chi connectivity index (χ1v) is 4.44. The van der Waals surface area contributed by atoms with Gasteiger partial charge in [0.1, 0.15) is 0 Å². The summed E-state index contributed by atoms with van der Waals surface area (Å²) < 4.78 is 0. The van der Waals surface area contributed by atoms with Crippen molar-refractivity contribution in [1.82, 2.24) is 0 Å². The van der Waals surface area contributed by atoms with Crippen LogP contribution >= 0.6 is 0 Å². The van der Waals surface area contributed by atoms with E-state index in [2.05, 4.69) is 19.9 Å². The second-order valence-corrected chi connectivity index (χ2v) is 3.49. The Morgan fingerprint density at radius 2 is 2.00 bits per heavy atom. The van der Waals surface area contributed by atoms with Crippen molar-refractivity contribution >= 4 is 0 Å².